The van der Waals surface area contributed by atoms with E-state index in [0.29, 0.717) is 11.5 Å². The minimum atomic E-state index is -0.268. The zero-order chi connectivity index (χ0) is 22.6. The van der Waals surface area contributed by atoms with Gasteiger partial charge in [-0.15, -0.1) is 0 Å². The summed E-state index contributed by atoms with van der Waals surface area (Å²) in [6.45, 7) is 0. The highest BCUT2D eigenvalue weighted by molar-refractivity contribution is 7.80. The normalized spacial score (nSPS) is 10.7. The molecule has 0 spiro atoms. The highest BCUT2D eigenvalue weighted by atomic mass is 32.1. The van der Waals surface area contributed by atoms with Gasteiger partial charge in [-0.1, -0.05) is 54.6 Å². The van der Waals surface area contributed by atoms with Gasteiger partial charge in [-0.05, 0) is 71.9 Å². The third kappa shape index (κ3) is 4.66. The summed E-state index contributed by atoms with van der Waals surface area (Å²) in [5, 5.41) is 5.98. The first-order chi connectivity index (χ1) is 16.2. The molecule has 160 valence electrons. The molecule has 1 heterocycles. The molecule has 0 saturated carbocycles. The van der Waals surface area contributed by atoms with Crippen molar-refractivity contribution in [3.63, 3.8) is 0 Å². The van der Waals surface area contributed by atoms with Gasteiger partial charge in [0.05, 0.1) is 0 Å². The summed E-state index contributed by atoms with van der Waals surface area (Å²) in [5.41, 5.74) is 5.84. The van der Waals surface area contributed by atoms with Crippen molar-refractivity contribution in [1.29, 1.82) is 0 Å². The van der Waals surface area contributed by atoms with E-state index in [1.807, 2.05) is 91.0 Å². The second-order valence-electron chi connectivity index (χ2n) is 7.42. The van der Waals surface area contributed by atoms with Crippen molar-refractivity contribution in [2.75, 3.05) is 5.32 Å². The van der Waals surface area contributed by atoms with Crippen molar-refractivity contribution < 1.29 is 9.21 Å². The maximum atomic E-state index is 12.6. The SMILES string of the molecule is O=C(NC(=S)Nc1ccc(-c2nc3ccccc3o2)cc1)c1ccc(-c2ccccc2)cc1. The van der Waals surface area contributed by atoms with E-state index in [9.17, 15) is 4.79 Å². The number of amides is 1. The molecule has 0 aliphatic heterocycles. The van der Waals surface area contributed by atoms with Crippen molar-refractivity contribution in [1.82, 2.24) is 10.3 Å². The number of para-hydroxylation sites is 2. The van der Waals surface area contributed by atoms with Gasteiger partial charge in [0.25, 0.3) is 5.91 Å². The molecule has 0 unspecified atom stereocenters. The van der Waals surface area contributed by atoms with E-state index in [2.05, 4.69) is 15.6 Å². The summed E-state index contributed by atoms with van der Waals surface area (Å²) >= 11 is 5.31. The number of oxazole rings is 1. The number of carbonyl (C=O) groups is 1. The topological polar surface area (TPSA) is 67.2 Å². The van der Waals surface area contributed by atoms with Crippen LogP contribution in [0.5, 0.6) is 0 Å². The first kappa shape index (κ1) is 20.6. The first-order valence-electron chi connectivity index (χ1n) is 10.4. The summed E-state index contributed by atoms with van der Waals surface area (Å²) in [6.07, 6.45) is 0. The average molecular weight is 450 g/mol. The van der Waals surface area contributed by atoms with Gasteiger partial charge in [0.1, 0.15) is 5.52 Å². The molecule has 0 aliphatic rings. The molecular weight excluding hydrogens is 430 g/mol. The number of fused-ring (bicyclic) bond motifs is 1. The van der Waals surface area contributed by atoms with E-state index in [4.69, 9.17) is 16.6 Å². The minimum Gasteiger partial charge on any atom is -0.436 e. The lowest BCUT2D eigenvalue weighted by Gasteiger charge is -2.10. The number of thiocarbonyl (C=S) groups is 1. The van der Waals surface area contributed by atoms with Crippen LogP contribution in [0.15, 0.2) is 108 Å². The maximum Gasteiger partial charge on any atom is 0.257 e. The lowest BCUT2D eigenvalue weighted by molar-refractivity contribution is 0.0977. The van der Waals surface area contributed by atoms with E-state index in [0.717, 1.165) is 33.5 Å². The van der Waals surface area contributed by atoms with Gasteiger partial charge in [-0.2, -0.15) is 0 Å². The predicted molar refractivity (Wildman–Crippen MR) is 135 cm³/mol. The van der Waals surface area contributed by atoms with Crippen molar-refractivity contribution in [3.05, 3.63) is 109 Å². The van der Waals surface area contributed by atoms with Crippen molar-refractivity contribution >= 4 is 40.0 Å². The second kappa shape index (κ2) is 9.06. The zero-order valence-electron chi connectivity index (χ0n) is 17.5. The third-order valence-electron chi connectivity index (χ3n) is 5.16. The Morgan fingerprint density at radius 2 is 1.36 bits per heavy atom. The molecule has 0 radical (unpaired) electrons. The monoisotopic (exact) mass is 449 g/mol. The maximum absolute atomic E-state index is 12.6. The van der Waals surface area contributed by atoms with Crippen molar-refractivity contribution in [2.24, 2.45) is 0 Å². The van der Waals surface area contributed by atoms with E-state index in [1.54, 1.807) is 12.1 Å². The molecule has 1 aromatic heterocycles. The first-order valence-corrected chi connectivity index (χ1v) is 10.8. The van der Waals surface area contributed by atoms with Crippen molar-refractivity contribution in [3.8, 4) is 22.6 Å². The lowest BCUT2D eigenvalue weighted by Crippen LogP contribution is -2.34. The van der Waals surface area contributed by atoms with Crippen LogP contribution in [0.25, 0.3) is 33.7 Å². The van der Waals surface area contributed by atoms with Crippen LogP contribution in [0, 0.1) is 0 Å². The molecule has 0 bridgehead atoms. The minimum absolute atomic E-state index is 0.224. The van der Waals surface area contributed by atoms with Crippen LogP contribution in [0.1, 0.15) is 10.4 Å². The smallest absolute Gasteiger partial charge is 0.257 e. The largest absolute Gasteiger partial charge is 0.436 e. The molecule has 5 aromatic rings. The van der Waals surface area contributed by atoms with E-state index in [-0.39, 0.29) is 11.0 Å². The predicted octanol–water partition coefficient (Wildman–Crippen LogP) is 6.29. The Balaban J connectivity index is 1.21. The Bertz CT molecular complexity index is 1390. The molecule has 1 amide bonds. The fourth-order valence-corrected chi connectivity index (χ4v) is 3.68. The van der Waals surface area contributed by atoms with Crippen molar-refractivity contribution in [2.45, 2.75) is 0 Å². The Morgan fingerprint density at radius 3 is 2.09 bits per heavy atom. The van der Waals surface area contributed by atoms with E-state index in [1.165, 1.54) is 0 Å². The lowest BCUT2D eigenvalue weighted by atomic mass is 10.0. The van der Waals surface area contributed by atoms with Crippen LogP contribution in [0.3, 0.4) is 0 Å². The average Bonchev–Trinajstić information content (AvgIpc) is 3.29. The standard InChI is InChI=1S/C27H19N3O2S/c31-25(20-12-10-19(11-13-20)18-6-2-1-3-7-18)30-27(33)28-22-16-14-21(15-17-22)26-29-23-8-4-5-9-24(23)32-26/h1-17H,(H2,28,30,31,33). The number of carbonyl (C=O) groups excluding carboxylic acids is 1. The highest BCUT2D eigenvalue weighted by Crippen LogP contribution is 2.25. The number of nitrogens with zero attached hydrogens (tertiary/aromatic N) is 1. The van der Waals surface area contributed by atoms with Crippen LogP contribution in [-0.2, 0) is 0 Å². The summed E-state index contributed by atoms with van der Waals surface area (Å²) in [5.74, 6) is 0.285. The molecule has 2 N–H and O–H groups in total. The highest BCUT2D eigenvalue weighted by Gasteiger charge is 2.10. The third-order valence-corrected chi connectivity index (χ3v) is 5.37. The van der Waals surface area contributed by atoms with Gasteiger partial charge in [-0.25, -0.2) is 4.98 Å². The van der Waals surface area contributed by atoms with Gasteiger partial charge in [0.15, 0.2) is 10.7 Å². The molecule has 0 atom stereocenters. The summed E-state index contributed by atoms with van der Waals surface area (Å²) < 4.78 is 5.80. The summed E-state index contributed by atoms with van der Waals surface area (Å²) in [6, 6.07) is 32.6. The molecule has 4 aromatic carbocycles. The van der Waals surface area contributed by atoms with E-state index < -0.39 is 0 Å². The van der Waals surface area contributed by atoms with Gasteiger partial charge in [0, 0.05) is 16.8 Å². The molecule has 6 heteroatoms. The van der Waals surface area contributed by atoms with Crippen LogP contribution in [-0.4, -0.2) is 16.0 Å². The molecule has 5 rings (SSSR count). The summed E-state index contributed by atoms with van der Waals surface area (Å²) in [4.78, 5) is 17.1. The van der Waals surface area contributed by atoms with Crippen LogP contribution < -0.4 is 10.6 Å². The molecule has 0 fully saturated rings. The Kier molecular flexibility index (Phi) is 5.66. The van der Waals surface area contributed by atoms with Gasteiger partial charge in [-0.3, -0.25) is 10.1 Å². The van der Waals surface area contributed by atoms with Gasteiger partial charge in [0.2, 0.25) is 5.89 Å². The fraction of sp³-hybridized carbons (Fsp3) is 0. The molecule has 33 heavy (non-hydrogen) atoms. The number of hydrogen-bond donors (Lipinski definition) is 2. The Hall–Kier alpha value is -4.29. The van der Waals surface area contributed by atoms with Gasteiger partial charge >= 0.3 is 0 Å². The number of hydrogen-bond acceptors (Lipinski definition) is 4. The van der Waals surface area contributed by atoms with Gasteiger partial charge < -0.3 is 9.73 Å². The van der Waals surface area contributed by atoms with E-state index >= 15 is 0 Å². The molecule has 0 aliphatic carbocycles. The Labute approximate surface area is 196 Å². The molecule has 0 saturated heterocycles. The summed E-state index contributed by atoms with van der Waals surface area (Å²) in [7, 11) is 0. The second-order valence-corrected chi connectivity index (χ2v) is 7.82. The van der Waals surface area contributed by atoms with Crippen LogP contribution in [0.4, 0.5) is 5.69 Å². The molecule has 5 nitrogen and oxygen atoms in total. The fourth-order valence-electron chi connectivity index (χ4n) is 3.47. The number of anilines is 1. The Morgan fingerprint density at radius 1 is 0.727 bits per heavy atom. The zero-order valence-corrected chi connectivity index (χ0v) is 18.3. The molecular formula is C27H19N3O2S. The van der Waals surface area contributed by atoms with Crippen LogP contribution in [0.2, 0.25) is 0 Å². The number of rotatable bonds is 4. The number of benzene rings is 4. The number of nitrogens with one attached hydrogen (secondary N) is 2. The quantitative estimate of drug-likeness (QED) is 0.316. The van der Waals surface area contributed by atoms with Crippen LogP contribution >= 0.6 is 12.2 Å². The number of aromatic nitrogens is 1.